The van der Waals surface area contributed by atoms with Crippen LogP contribution >= 0.6 is 21.6 Å². The first kappa shape index (κ1) is 22.4. The van der Waals surface area contributed by atoms with E-state index >= 15 is 0 Å². The largest absolute Gasteiger partial charge is 0.461 e. The molecule has 0 saturated carbocycles. The van der Waals surface area contributed by atoms with Crippen LogP contribution in [0, 0.1) is 0 Å². The number of rotatable bonds is 13. The molecule has 2 amide bonds. The highest BCUT2D eigenvalue weighted by Gasteiger charge is 2.07. The molecule has 0 aliphatic rings. The first-order valence-corrected chi connectivity index (χ1v) is 11.1. The van der Waals surface area contributed by atoms with Gasteiger partial charge in [-0.1, -0.05) is 47.1 Å². The Balaban J connectivity index is 2.25. The molecule has 8 heteroatoms. The number of primary amides is 1. The topological polar surface area (TPSA) is 98.5 Å². The number of nitrogens with one attached hydrogen (secondary N) is 1. The average molecular weight is 399 g/mol. The first-order chi connectivity index (χ1) is 12.5. The molecule has 6 nitrogen and oxygen atoms in total. The lowest BCUT2D eigenvalue weighted by atomic mass is 10.1. The zero-order valence-corrected chi connectivity index (χ0v) is 16.6. The third kappa shape index (κ3) is 10.4. The zero-order chi connectivity index (χ0) is 19.2. The van der Waals surface area contributed by atoms with E-state index in [1.165, 1.54) is 12.8 Å². The van der Waals surface area contributed by atoms with Gasteiger partial charge in [0.15, 0.2) is 0 Å². The van der Waals surface area contributed by atoms with Gasteiger partial charge in [-0.25, -0.2) is 0 Å². The third-order valence-corrected chi connectivity index (χ3v) is 5.82. The number of esters is 1. The fourth-order valence-electron chi connectivity index (χ4n) is 1.84. The van der Waals surface area contributed by atoms with Crippen LogP contribution in [0.4, 0.5) is 0 Å². The van der Waals surface area contributed by atoms with Gasteiger partial charge in [0.25, 0.3) is 5.91 Å². The van der Waals surface area contributed by atoms with Crippen LogP contribution in [0.5, 0.6) is 0 Å². The molecule has 0 heterocycles. The van der Waals surface area contributed by atoms with Crippen molar-refractivity contribution >= 4 is 39.4 Å². The van der Waals surface area contributed by atoms with E-state index in [0.717, 1.165) is 17.1 Å². The van der Waals surface area contributed by atoms with Crippen molar-refractivity contribution < 1.29 is 19.1 Å². The average Bonchev–Trinajstić information content (AvgIpc) is 2.64. The van der Waals surface area contributed by atoms with Gasteiger partial charge in [0.1, 0.15) is 6.61 Å². The number of hydrogen-bond donors (Lipinski definition) is 2. The lowest BCUT2D eigenvalue weighted by molar-refractivity contribution is -0.146. The molecule has 0 fully saturated rings. The Morgan fingerprint density at radius 3 is 2.42 bits per heavy atom. The standard InChI is InChI=1S/C18H26N2O4S2/c1-2-3-11-25-26-12-10-20-18(23)15-6-4-14(5-7-15)13-24-17(22)9-8-16(19)21/h4-7H,2-3,8-13H2,1H3,(H2,19,21)(H,20,23). The van der Waals surface area contributed by atoms with E-state index in [2.05, 4.69) is 12.2 Å². The predicted octanol–water partition coefficient (Wildman–Crippen LogP) is 2.91. The number of unbranched alkanes of at least 4 members (excludes halogenated alkanes) is 1. The second-order valence-electron chi connectivity index (χ2n) is 5.58. The van der Waals surface area contributed by atoms with Crippen LogP contribution in [0.3, 0.4) is 0 Å². The van der Waals surface area contributed by atoms with E-state index in [1.54, 1.807) is 35.1 Å². The first-order valence-electron chi connectivity index (χ1n) is 8.58. The van der Waals surface area contributed by atoms with Gasteiger partial charge >= 0.3 is 5.97 Å². The van der Waals surface area contributed by atoms with E-state index < -0.39 is 11.9 Å². The number of carbonyl (C=O) groups is 3. The second kappa shape index (κ2) is 13.5. The molecule has 0 aliphatic heterocycles. The van der Waals surface area contributed by atoms with Crippen LogP contribution in [0.25, 0.3) is 0 Å². The molecule has 0 saturated heterocycles. The summed E-state index contributed by atoms with van der Waals surface area (Å²) in [5, 5.41) is 2.88. The van der Waals surface area contributed by atoms with Gasteiger partial charge in [-0.05, 0) is 24.1 Å². The van der Waals surface area contributed by atoms with Crippen LogP contribution in [0.1, 0.15) is 48.5 Å². The summed E-state index contributed by atoms with van der Waals surface area (Å²) < 4.78 is 5.05. The Hall–Kier alpha value is -1.67. The molecule has 0 spiro atoms. The molecule has 0 radical (unpaired) electrons. The summed E-state index contributed by atoms with van der Waals surface area (Å²) >= 11 is 0. The molecule has 0 unspecified atom stereocenters. The van der Waals surface area contributed by atoms with Crippen molar-refractivity contribution in [2.45, 2.75) is 39.2 Å². The Morgan fingerprint density at radius 2 is 1.77 bits per heavy atom. The summed E-state index contributed by atoms with van der Waals surface area (Å²) in [6.45, 7) is 2.90. The molecule has 0 aromatic heterocycles. The van der Waals surface area contributed by atoms with E-state index in [1.807, 2.05) is 10.8 Å². The maximum Gasteiger partial charge on any atom is 0.306 e. The van der Waals surface area contributed by atoms with Gasteiger partial charge in [-0.2, -0.15) is 0 Å². The second-order valence-corrected chi connectivity index (χ2v) is 8.28. The number of benzene rings is 1. The predicted molar refractivity (Wildman–Crippen MR) is 107 cm³/mol. The van der Waals surface area contributed by atoms with Crippen LogP contribution < -0.4 is 11.1 Å². The lowest BCUT2D eigenvalue weighted by Crippen LogP contribution is -2.25. The minimum absolute atomic E-state index is 0.0205. The lowest BCUT2D eigenvalue weighted by Gasteiger charge is -2.07. The Labute approximate surface area is 162 Å². The quantitative estimate of drug-likeness (QED) is 0.301. The normalized spacial score (nSPS) is 10.3. The molecular formula is C18H26N2O4S2. The van der Waals surface area contributed by atoms with E-state index in [0.29, 0.717) is 12.1 Å². The maximum atomic E-state index is 12.0. The summed E-state index contributed by atoms with van der Waals surface area (Å²) in [5.74, 6) is 0.896. The van der Waals surface area contributed by atoms with Crippen LogP contribution in [-0.4, -0.2) is 35.8 Å². The fraction of sp³-hybridized carbons (Fsp3) is 0.500. The smallest absolute Gasteiger partial charge is 0.306 e. The molecule has 0 aliphatic carbocycles. The molecule has 1 aromatic rings. The highest BCUT2D eigenvalue weighted by molar-refractivity contribution is 8.76. The Morgan fingerprint density at radius 1 is 1.08 bits per heavy atom. The minimum Gasteiger partial charge on any atom is -0.461 e. The molecule has 1 aromatic carbocycles. The highest BCUT2D eigenvalue weighted by Crippen LogP contribution is 2.21. The molecular weight excluding hydrogens is 372 g/mol. The summed E-state index contributed by atoms with van der Waals surface area (Å²) in [4.78, 5) is 34.1. The van der Waals surface area contributed by atoms with Gasteiger partial charge in [-0.3, -0.25) is 14.4 Å². The van der Waals surface area contributed by atoms with Gasteiger partial charge in [0.2, 0.25) is 5.91 Å². The van der Waals surface area contributed by atoms with Gasteiger partial charge < -0.3 is 15.8 Å². The van der Waals surface area contributed by atoms with Gasteiger partial charge in [-0.15, -0.1) is 0 Å². The van der Waals surface area contributed by atoms with Crippen molar-refractivity contribution in [3.63, 3.8) is 0 Å². The van der Waals surface area contributed by atoms with Crippen molar-refractivity contribution in [2.75, 3.05) is 18.1 Å². The summed E-state index contributed by atoms with van der Waals surface area (Å²) in [6, 6.07) is 6.88. The third-order valence-electron chi connectivity index (χ3n) is 3.33. The summed E-state index contributed by atoms with van der Waals surface area (Å²) in [5.41, 5.74) is 6.32. The van der Waals surface area contributed by atoms with Crippen LogP contribution in [-0.2, 0) is 20.9 Å². The Kier molecular flexibility index (Phi) is 11.6. The number of amides is 2. The number of carbonyl (C=O) groups excluding carboxylic acids is 3. The van der Waals surface area contributed by atoms with Crippen LogP contribution in [0.2, 0.25) is 0 Å². The van der Waals surface area contributed by atoms with E-state index in [-0.39, 0.29) is 25.4 Å². The number of nitrogens with two attached hydrogens (primary N) is 1. The molecule has 0 bridgehead atoms. The van der Waals surface area contributed by atoms with Crippen molar-refractivity contribution in [1.29, 1.82) is 0 Å². The van der Waals surface area contributed by atoms with Gasteiger partial charge in [0.05, 0.1) is 6.42 Å². The van der Waals surface area contributed by atoms with Crippen molar-refractivity contribution in [2.24, 2.45) is 5.73 Å². The van der Waals surface area contributed by atoms with Crippen molar-refractivity contribution in [3.05, 3.63) is 35.4 Å². The SMILES string of the molecule is CCCCSSCCNC(=O)c1ccc(COC(=O)CCC(N)=O)cc1. The molecule has 144 valence electrons. The summed E-state index contributed by atoms with van der Waals surface area (Å²) in [6.07, 6.45) is 2.38. The maximum absolute atomic E-state index is 12.0. The molecule has 3 N–H and O–H groups in total. The highest BCUT2D eigenvalue weighted by atomic mass is 33.1. The molecule has 26 heavy (non-hydrogen) atoms. The minimum atomic E-state index is -0.532. The van der Waals surface area contributed by atoms with Gasteiger partial charge in [0, 0.05) is 30.0 Å². The molecule has 0 atom stereocenters. The van der Waals surface area contributed by atoms with Crippen molar-refractivity contribution in [3.8, 4) is 0 Å². The zero-order valence-electron chi connectivity index (χ0n) is 15.0. The van der Waals surface area contributed by atoms with E-state index in [9.17, 15) is 14.4 Å². The molecule has 1 rings (SSSR count). The number of hydrogen-bond acceptors (Lipinski definition) is 6. The fourth-order valence-corrected chi connectivity index (χ4v) is 3.98. The van der Waals surface area contributed by atoms with Crippen LogP contribution in [0.15, 0.2) is 24.3 Å². The van der Waals surface area contributed by atoms with Crippen molar-refractivity contribution in [1.82, 2.24) is 5.32 Å². The number of ether oxygens (including phenoxy) is 1. The Bertz CT molecular complexity index is 579. The summed E-state index contributed by atoms with van der Waals surface area (Å²) in [7, 11) is 3.61. The monoisotopic (exact) mass is 398 g/mol. The van der Waals surface area contributed by atoms with E-state index in [4.69, 9.17) is 10.5 Å².